The van der Waals surface area contributed by atoms with Crippen LogP contribution in [0.4, 0.5) is 0 Å². The average molecular weight is 284 g/mol. The fraction of sp³-hybridized carbons (Fsp3) is 0.941. The molecule has 3 heteroatoms. The molecule has 1 aliphatic heterocycles. The van der Waals surface area contributed by atoms with Crippen LogP contribution in [0.15, 0.2) is 0 Å². The van der Waals surface area contributed by atoms with Gasteiger partial charge in [-0.15, -0.1) is 0 Å². The Labute approximate surface area is 124 Å². The Morgan fingerprint density at radius 1 is 1.05 bits per heavy atom. The molecule has 1 saturated heterocycles. The minimum Gasteiger partial charge on any atom is -0.461 e. The Morgan fingerprint density at radius 2 is 1.55 bits per heavy atom. The van der Waals surface area contributed by atoms with Crippen molar-refractivity contribution < 1.29 is 14.3 Å². The molecular weight excluding hydrogens is 252 g/mol. The number of hydrogen-bond acceptors (Lipinski definition) is 3. The summed E-state index contributed by atoms with van der Waals surface area (Å²) in [6.45, 7) is 4.79. The number of hydrogen-bond donors (Lipinski definition) is 0. The zero-order valence-corrected chi connectivity index (χ0v) is 13.4. The first-order chi connectivity index (χ1) is 9.74. The summed E-state index contributed by atoms with van der Waals surface area (Å²) in [5.41, 5.74) is 0. The smallest absolute Gasteiger partial charge is 0.337 e. The van der Waals surface area contributed by atoms with Crippen LogP contribution in [0.3, 0.4) is 0 Å². The van der Waals surface area contributed by atoms with Crippen LogP contribution in [0.1, 0.15) is 84.5 Å². The number of rotatable bonds is 13. The normalized spacial score (nSPS) is 18.8. The van der Waals surface area contributed by atoms with E-state index in [-0.39, 0.29) is 18.2 Å². The maximum absolute atomic E-state index is 11.4. The zero-order chi connectivity index (χ0) is 14.6. The quantitative estimate of drug-likeness (QED) is 0.281. The SMILES string of the molecule is CCCCCCCCCCCCC(C)OC(=O)C1CO1. The first kappa shape index (κ1) is 17.5. The Balaban J connectivity index is 1.78. The van der Waals surface area contributed by atoms with E-state index in [1.165, 1.54) is 57.8 Å². The first-order valence-corrected chi connectivity index (χ1v) is 8.56. The van der Waals surface area contributed by atoms with Gasteiger partial charge in [0.15, 0.2) is 6.10 Å². The van der Waals surface area contributed by atoms with Crippen molar-refractivity contribution >= 4 is 5.97 Å². The lowest BCUT2D eigenvalue weighted by atomic mass is 10.0. The zero-order valence-electron chi connectivity index (χ0n) is 13.4. The predicted molar refractivity (Wildman–Crippen MR) is 81.8 cm³/mol. The molecule has 20 heavy (non-hydrogen) atoms. The Morgan fingerprint density at radius 3 is 2.05 bits per heavy atom. The molecule has 1 aliphatic rings. The standard InChI is InChI=1S/C17H32O3/c1-3-4-5-6-7-8-9-10-11-12-13-15(2)20-17(18)16-14-19-16/h15-16H,3-14H2,1-2H3. The van der Waals surface area contributed by atoms with Crippen LogP contribution in [0.2, 0.25) is 0 Å². The summed E-state index contributed by atoms with van der Waals surface area (Å²) in [5, 5.41) is 0. The monoisotopic (exact) mass is 284 g/mol. The molecule has 3 nitrogen and oxygen atoms in total. The van der Waals surface area contributed by atoms with Gasteiger partial charge in [0, 0.05) is 0 Å². The van der Waals surface area contributed by atoms with Gasteiger partial charge in [-0.25, -0.2) is 4.79 Å². The molecule has 1 fully saturated rings. The minimum atomic E-state index is -0.259. The van der Waals surface area contributed by atoms with Gasteiger partial charge in [-0.05, 0) is 19.8 Å². The molecule has 1 rings (SSSR count). The van der Waals surface area contributed by atoms with Gasteiger partial charge < -0.3 is 9.47 Å². The van der Waals surface area contributed by atoms with Gasteiger partial charge in [0.2, 0.25) is 0 Å². The van der Waals surface area contributed by atoms with Gasteiger partial charge in [0.1, 0.15) is 0 Å². The van der Waals surface area contributed by atoms with E-state index in [0.717, 1.165) is 12.8 Å². The van der Waals surface area contributed by atoms with Gasteiger partial charge in [-0.1, -0.05) is 64.7 Å². The summed E-state index contributed by atoms with van der Waals surface area (Å²) in [6.07, 6.45) is 14.2. The van der Waals surface area contributed by atoms with E-state index in [0.29, 0.717) is 6.61 Å². The van der Waals surface area contributed by atoms with Crippen molar-refractivity contribution in [3.05, 3.63) is 0 Å². The summed E-state index contributed by atoms with van der Waals surface area (Å²) < 4.78 is 10.2. The molecule has 0 amide bonds. The first-order valence-electron chi connectivity index (χ1n) is 8.56. The molecule has 0 saturated carbocycles. The number of ether oxygens (including phenoxy) is 2. The molecule has 0 spiro atoms. The Bertz CT molecular complexity index is 249. The molecule has 118 valence electrons. The second-order valence-corrected chi connectivity index (χ2v) is 6.04. The summed E-state index contributed by atoms with van der Waals surface area (Å²) in [7, 11) is 0. The molecule has 0 aromatic rings. The summed E-state index contributed by atoms with van der Waals surface area (Å²) in [4.78, 5) is 11.4. The summed E-state index contributed by atoms with van der Waals surface area (Å²) >= 11 is 0. The number of carbonyl (C=O) groups is 1. The largest absolute Gasteiger partial charge is 0.461 e. The molecule has 0 aliphatic carbocycles. The second kappa shape index (κ2) is 11.1. The fourth-order valence-electron chi connectivity index (χ4n) is 2.44. The number of unbranched alkanes of at least 4 members (excludes halogenated alkanes) is 9. The number of carbonyl (C=O) groups excluding carboxylic acids is 1. The van der Waals surface area contributed by atoms with E-state index in [1.807, 2.05) is 6.92 Å². The fourth-order valence-corrected chi connectivity index (χ4v) is 2.44. The molecule has 0 bridgehead atoms. The van der Waals surface area contributed by atoms with Crippen molar-refractivity contribution in [3.8, 4) is 0 Å². The van der Waals surface area contributed by atoms with Gasteiger partial charge >= 0.3 is 5.97 Å². The van der Waals surface area contributed by atoms with Crippen LogP contribution >= 0.6 is 0 Å². The third-order valence-corrected chi connectivity index (χ3v) is 3.88. The third kappa shape index (κ3) is 9.35. The highest BCUT2D eigenvalue weighted by Gasteiger charge is 2.33. The number of epoxide rings is 1. The molecule has 0 N–H and O–H groups in total. The minimum absolute atomic E-state index is 0.0424. The van der Waals surface area contributed by atoms with Gasteiger partial charge in [-0.2, -0.15) is 0 Å². The second-order valence-electron chi connectivity index (χ2n) is 6.04. The third-order valence-electron chi connectivity index (χ3n) is 3.88. The molecule has 0 aromatic heterocycles. The Kier molecular flexibility index (Phi) is 9.73. The highest BCUT2D eigenvalue weighted by Crippen LogP contribution is 2.15. The van der Waals surface area contributed by atoms with E-state index in [2.05, 4.69) is 6.92 Å². The lowest BCUT2D eigenvalue weighted by molar-refractivity contribution is -0.150. The summed E-state index contributed by atoms with van der Waals surface area (Å²) in [5.74, 6) is -0.176. The van der Waals surface area contributed by atoms with Gasteiger partial charge in [-0.3, -0.25) is 0 Å². The number of esters is 1. The topological polar surface area (TPSA) is 38.8 Å². The van der Waals surface area contributed by atoms with Crippen LogP contribution in [-0.4, -0.2) is 24.8 Å². The van der Waals surface area contributed by atoms with Crippen molar-refractivity contribution in [2.24, 2.45) is 0 Å². The lowest BCUT2D eigenvalue weighted by Crippen LogP contribution is -2.19. The van der Waals surface area contributed by atoms with Crippen molar-refractivity contribution in [1.82, 2.24) is 0 Å². The van der Waals surface area contributed by atoms with Gasteiger partial charge in [0.05, 0.1) is 12.7 Å². The summed E-state index contributed by atoms with van der Waals surface area (Å²) in [6, 6.07) is 0. The van der Waals surface area contributed by atoms with Crippen molar-refractivity contribution in [2.75, 3.05) is 6.61 Å². The molecule has 0 radical (unpaired) electrons. The predicted octanol–water partition coefficient (Wildman–Crippen LogP) is 4.63. The maximum Gasteiger partial charge on any atom is 0.337 e. The maximum atomic E-state index is 11.4. The highest BCUT2D eigenvalue weighted by atomic mass is 16.6. The molecule has 1 heterocycles. The van der Waals surface area contributed by atoms with E-state index in [9.17, 15) is 4.79 Å². The van der Waals surface area contributed by atoms with Crippen LogP contribution in [0.25, 0.3) is 0 Å². The molecule has 0 aromatic carbocycles. The van der Waals surface area contributed by atoms with E-state index in [1.54, 1.807) is 0 Å². The van der Waals surface area contributed by atoms with Crippen LogP contribution in [0.5, 0.6) is 0 Å². The van der Waals surface area contributed by atoms with Crippen molar-refractivity contribution in [2.45, 2.75) is 96.7 Å². The average Bonchev–Trinajstić information content (AvgIpc) is 3.25. The van der Waals surface area contributed by atoms with Crippen molar-refractivity contribution in [3.63, 3.8) is 0 Å². The lowest BCUT2D eigenvalue weighted by Gasteiger charge is -2.12. The van der Waals surface area contributed by atoms with E-state index < -0.39 is 0 Å². The van der Waals surface area contributed by atoms with E-state index >= 15 is 0 Å². The molecule has 2 unspecified atom stereocenters. The van der Waals surface area contributed by atoms with E-state index in [4.69, 9.17) is 9.47 Å². The van der Waals surface area contributed by atoms with Crippen LogP contribution < -0.4 is 0 Å². The molecule has 2 atom stereocenters. The highest BCUT2D eigenvalue weighted by molar-refractivity contribution is 5.77. The van der Waals surface area contributed by atoms with Gasteiger partial charge in [0.25, 0.3) is 0 Å². The van der Waals surface area contributed by atoms with Crippen LogP contribution in [-0.2, 0) is 14.3 Å². The molecular formula is C17H32O3. The van der Waals surface area contributed by atoms with Crippen molar-refractivity contribution in [1.29, 1.82) is 0 Å². The Hall–Kier alpha value is -0.570. The van der Waals surface area contributed by atoms with Crippen LogP contribution in [0, 0.1) is 0 Å².